The number of pyridine rings is 1. The van der Waals surface area contributed by atoms with Crippen molar-refractivity contribution in [1.82, 2.24) is 4.98 Å². The number of esters is 1. The first-order valence-corrected chi connectivity index (χ1v) is 7.17. The minimum absolute atomic E-state index is 0. The van der Waals surface area contributed by atoms with Gasteiger partial charge in [-0.2, -0.15) is 0 Å². The summed E-state index contributed by atoms with van der Waals surface area (Å²) < 4.78 is 10.4. The quantitative estimate of drug-likeness (QED) is 0.622. The van der Waals surface area contributed by atoms with E-state index >= 15 is 0 Å². The highest BCUT2D eigenvalue weighted by molar-refractivity contribution is 6.15. The zero-order valence-corrected chi connectivity index (χ0v) is 14.0. The van der Waals surface area contributed by atoms with Crippen LogP contribution in [0, 0.1) is 0 Å². The van der Waals surface area contributed by atoms with Gasteiger partial charge in [-0.1, -0.05) is 0 Å². The summed E-state index contributed by atoms with van der Waals surface area (Å²) in [5.74, 6) is -0.493. The molecule has 0 radical (unpaired) electrons. The number of aromatic nitrogens is 1. The van der Waals surface area contributed by atoms with E-state index in [9.17, 15) is 9.59 Å². The summed E-state index contributed by atoms with van der Waals surface area (Å²) in [6.07, 6.45) is 0. The minimum Gasteiger partial charge on any atom is -0.463 e. The largest absolute Gasteiger partial charge is 0.463 e. The van der Waals surface area contributed by atoms with Crippen molar-refractivity contribution in [2.75, 3.05) is 19.0 Å². The summed E-state index contributed by atoms with van der Waals surface area (Å²) in [7, 11) is 1.29. The smallest absolute Gasteiger partial charge is 0.376 e. The summed E-state index contributed by atoms with van der Waals surface area (Å²) in [4.78, 5) is 26.2. The van der Waals surface area contributed by atoms with Gasteiger partial charge in [0.2, 0.25) is 11.3 Å². The maximum atomic E-state index is 12.0. The zero-order valence-electron chi connectivity index (χ0n) is 13.2. The number of carbonyl (C=O) groups is 1. The van der Waals surface area contributed by atoms with Gasteiger partial charge in [0.15, 0.2) is 0 Å². The van der Waals surface area contributed by atoms with E-state index in [1.54, 1.807) is 18.2 Å². The lowest BCUT2D eigenvalue weighted by atomic mass is 10.1. The first-order chi connectivity index (χ1) is 11.0. The molecule has 2 aromatic heterocycles. The second-order valence-corrected chi connectivity index (χ2v) is 5.38. The van der Waals surface area contributed by atoms with Crippen LogP contribution in [-0.4, -0.2) is 30.6 Å². The van der Waals surface area contributed by atoms with Crippen molar-refractivity contribution < 1.29 is 13.9 Å². The van der Waals surface area contributed by atoms with Crippen LogP contribution in [0.25, 0.3) is 21.9 Å². The molecule has 0 saturated heterocycles. The highest BCUT2D eigenvalue weighted by Crippen LogP contribution is 2.36. The Hall–Kier alpha value is -2.51. The van der Waals surface area contributed by atoms with Gasteiger partial charge in [0.25, 0.3) is 0 Å². The molecule has 1 aromatic carbocycles. The number of halogens is 1. The van der Waals surface area contributed by atoms with Crippen LogP contribution in [0.1, 0.15) is 17.5 Å². The third-order valence-corrected chi connectivity index (χ3v) is 3.53. The van der Waals surface area contributed by atoms with E-state index in [0.717, 1.165) is 5.39 Å². The molecular formula is C16H18ClN3O4. The molecule has 1 atom stereocenters. The third kappa shape index (κ3) is 3.08. The maximum Gasteiger partial charge on any atom is 0.376 e. The van der Waals surface area contributed by atoms with Crippen LogP contribution in [0.2, 0.25) is 0 Å². The second kappa shape index (κ2) is 6.94. The van der Waals surface area contributed by atoms with E-state index in [0.29, 0.717) is 28.7 Å². The predicted molar refractivity (Wildman–Crippen MR) is 95.1 cm³/mol. The number of carbonyl (C=O) groups excluding carboxylic acids is 1. The van der Waals surface area contributed by atoms with E-state index in [4.69, 9.17) is 14.9 Å². The Morgan fingerprint density at radius 2 is 2.12 bits per heavy atom. The lowest BCUT2D eigenvalue weighted by Crippen LogP contribution is -2.25. The zero-order chi connectivity index (χ0) is 16.6. The van der Waals surface area contributed by atoms with Gasteiger partial charge in [-0.15, -0.1) is 12.4 Å². The van der Waals surface area contributed by atoms with Gasteiger partial charge in [-0.05, 0) is 25.1 Å². The lowest BCUT2D eigenvalue weighted by molar-refractivity contribution is 0.0569. The van der Waals surface area contributed by atoms with Gasteiger partial charge in [-0.25, -0.2) is 4.79 Å². The summed E-state index contributed by atoms with van der Waals surface area (Å²) in [6, 6.07) is 6.46. The molecule has 8 heteroatoms. The number of methoxy groups -OCH3 is 1. The summed E-state index contributed by atoms with van der Waals surface area (Å²) in [5, 5.41) is 4.63. The number of furan rings is 1. The molecule has 0 saturated carbocycles. The summed E-state index contributed by atoms with van der Waals surface area (Å²) in [5.41, 5.74) is 7.29. The van der Waals surface area contributed by atoms with Gasteiger partial charge in [0.05, 0.1) is 18.2 Å². The molecular weight excluding hydrogens is 334 g/mol. The molecule has 128 valence electrons. The van der Waals surface area contributed by atoms with E-state index < -0.39 is 5.97 Å². The van der Waals surface area contributed by atoms with Crippen molar-refractivity contribution in [3.63, 3.8) is 0 Å². The first-order valence-electron chi connectivity index (χ1n) is 7.17. The predicted octanol–water partition coefficient (Wildman–Crippen LogP) is 2.24. The van der Waals surface area contributed by atoms with Crippen LogP contribution in [0.4, 0.5) is 5.69 Å². The standard InChI is InChI=1S/C16H17N3O4.ClH/c1-8(17)7-18-14-13-9-3-6-12(20)19-10(9)4-5-11(13)23-15(14)16(21)22-2;/h3-6,8,18H,7,17H2,1-2H3,(H,19,20);1H/t8-;/m1./s1. The van der Waals surface area contributed by atoms with Crippen LogP contribution < -0.4 is 16.6 Å². The fourth-order valence-electron chi connectivity index (χ4n) is 2.50. The highest BCUT2D eigenvalue weighted by atomic mass is 35.5. The Morgan fingerprint density at radius 1 is 1.38 bits per heavy atom. The fraction of sp³-hybridized carbons (Fsp3) is 0.250. The molecule has 0 spiro atoms. The average Bonchev–Trinajstić information content (AvgIpc) is 2.90. The van der Waals surface area contributed by atoms with Crippen molar-refractivity contribution >= 4 is 45.9 Å². The number of anilines is 1. The normalized spacial score (nSPS) is 12.0. The molecule has 0 aliphatic rings. The monoisotopic (exact) mass is 351 g/mol. The van der Waals surface area contributed by atoms with Crippen molar-refractivity contribution in [2.45, 2.75) is 13.0 Å². The molecule has 3 rings (SSSR count). The molecule has 0 unspecified atom stereocenters. The van der Waals surface area contributed by atoms with Crippen molar-refractivity contribution in [3.8, 4) is 0 Å². The molecule has 0 amide bonds. The van der Waals surface area contributed by atoms with Gasteiger partial charge >= 0.3 is 5.97 Å². The number of rotatable bonds is 4. The number of nitrogens with one attached hydrogen (secondary N) is 2. The topological polar surface area (TPSA) is 110 Å². The SMILES string of the molecule is COC(=O)c1oc2ccc3[nH]c(=O)ccc3c2c1NC[C@@H](C)N.Cl. The summed E-state index contributed by atoms with van der Waals surface area (Å²) >= 11 is 0. The Labute approximate surface area is 143 Å². The first kappa shape index (κ1) is 17.8. The molecule has 4 N–H and O–H groups in total. The number of aromatic amines is 1. The minimum atomic E-state index is -0.578. The van der Waals surface area contributed by atoms with E-state index in [2.05, 4.69) is 10.3 Å². The van der Waals surface area contributed by atoms with Crippen molar-refractivity contribution in [1.29, 1.82) is 0 Å². The second-order valence-electron chi connectivity index (χ2n) is 5.38. The molecule has 0 bridgehead atoms. The van der Waals surface area contributed by atoms with E-state index in [1.807, 2.05) is 6.92 Å². The molecule has 0 fully saturated rings. The fourth-order valence-corrected chi connectivity index (χ4v) is 2.50. The average molecular weight is 352 g/mol. The van der Waals surface area contributed by atoms with Gasteiger partial charge in [0, 0.05) is 29.6 Å². The lowest BCUT2D eigenvalue weighted by Gasteiger charge is -2.09. The van der Waals surface area contributed by atoms with Crippen LogP contribution in [-0.2, 0) is 4.74 Å². The maximum absolute atomic E-state index is 12.0. The van der Waals surface area contributed by atoms with Crippen LogP contribution >= 0.6 is 12.4 Å². The Morgan fingerprint density at radius 3 is 2.79 bits per heavy atom. The van der Waals surface area contributed by atoms with Crippen molar-refractivity contribution in [3.05, 3.63) is 40.4 Å². The number of fused-ring (bicyclic) bond motifs is 3. The number of hydrogen-bond acceptors (Lipinski definition) is 6. The van der Waals surface area contributed by atoms with Crippen LogP contribution in [0.15, 0.2) is 33.5 Å². The summed E-state index contributed by atoms with van der Waals surface area (Å²) in [6.45, 7) is 2.31. The van der Waals surface area contributed by atoms with Gasteiger partial charge < -0.3 is 25.2 Å². The molecule has 0 aliphatic heterocycles. The number of H-pyrrole nitrogens is 1. The Bertz CT molecular complexity index is 946. The highest BCUT2D eigenvalue weighted by Gasteiger charge is 2.23. The van der Waals surface area contributed by atoms with Gasteiger partial charge in [0.1, 0.15) is 5.58 Å². The van der Waals surface area contributed by atoms with Crippen LogP contribution in [0.3, 0.4) is 0 Å². The number of hydrogen-bond donors (Lipinski definition) is 3. The molecule has 24 heavy (non-hydrogen) atoms. The van der Waals surface area contributed by atoms with E-state index in [1.165, 1.54) is 13.2 Å². The number of benzene rings is 1. The Balaban J connectivity index is 0.00000208. The van der Waals surface area contributed by atoms with E-state index in [-0.39, 0.29) is 29.8 Å². The van der Waals surface area contributed by atoms with Gasteiger partial charge in [-0.3, -0.25) is 4.79 Å². The van der Waals surface area contributed by atoms with Crippen LogP contribution in [0.5, 0.6) is 0 Å². The number of ether oxygens (including phenoxy) is 1. The molecule has 7 nitrogen and oxygen atoms in total. The van der Waals surface area contributed by atoms with Crippen molar-refractivity contribution in [2.24, 2.45) is 5.73 Å². The molecule has 3 aromatic rings. The molecule has 0 aliphatic carbocycles. The molecule has 2 heterocycles. The number of nitrogens with two attached hydrogens (primary N) is 1. The third-order valence-electron chi connectivity index (χ3n) is 3.53. The Kier molecular flexibility index (Phi) is 5.16.